The van der Waals surface area contributed by atoms with Gasteiger partial charge in [0.05, 0.1) is 16.2 Å². The van der Waals surface area contributed by atoms with Crippen molar-refractivity contribution in [1.29, 1.82) is 0 Å². The van der Waals surface area contributed by atoms with Gasteiger partial charge in [-0.15, -0.1) is 24.0 Å². The number of pyridine rings is 1. The zero-order valence-electron chi connectivity index (χ0n) is 6.58. The van der Waals surface area contributed by atoms with Gasteiger partial charge in [0.15, 0.2) is 0 Å². The molecule has 2 aromatic rings. The number of rotatable bonds is 1. The molecular weight excluding hydrogens is 275 g/mol. The first kappa shape index (κ1) is 10.8. The molecule has 0 amide bonds. The average molecular weight is 282 g/mol. The van der Waals surface area contributed by atoms with Crippen LogP contribution in [-0.2, 0) is 5.88 Å². The molecule has 0 atom stereocenters. The third-order valence-electron chi connectivity index (χ3n) is 1.63. The first-order valence-electron chi connectivity index (χ1n) is 3.50. The van der Waals surface area contributed by atoms with Crippen molar-refractivity contribution in [2.24, 2.45) is 0 Å². The maximum Gasteiger partial charge on any atom is 0.137 e. The maximum atomic E-state index is 5.66. The molecule has 0 fully saturated rings. The molecule has 0 spiro atoms. The number of hydrogen-bond donors (Lipinski definition) is 0. The van der Waals surface area contributed by atoms with Gasteiger partial charge in [-0.05, 0) is 28.1 Å². The van der Waals surface area contributed by atoms with Crippen LogP contribution < -0.4 is 0 Å². The lowest BCUT2D eigenvalue weighted by Crippen LogP contribution is -1.82. The molecule has 5 heteroatoms. The summed E-state index contributed by atoms with van der Waals surface area (Å²) in [6, 6.07) is 5.86. The lowest BCUT2D eigenvalue weighted by atomic mass is 10.5. The highest BCUT2D eigenvalue weighted by Crippen LogP contribution is 2.14. The van der Waals surface area contributed by atoms with Crippen LogP contribution in [0.5, 0.6) is 0 Å². The fraction of sp³-hybridized carbons (Fsp3) is 0.125. The Bertz CT molecular complexity index is 413. The molecular formula is C8H7BrCl2N2. The highest BCUT2D eigenvalue weighted by Gasteiger charge is 2.01. The van der Waals surface area contributed by atoms with Crippen molar-refractivity contribution < 1.29 is 0 Å². The van der Waals surface area contributed by atoms with Crippen LogP contribution in [0.25, 0.3) is 5.65 Å². The summed E-state index contributed by atoms with van der Waals surface area (Å²) < 4.78 is 2.95. The highest BCUT2D eigenvalue weighted by molar-refractivity contribution is 9.10. The SMILES string of the molecule is Cl.ClCc1cn2c(Br)cccc2n1. The van der Waals surface area contributed by atoms with Gasteiger partial charge in [0.1, 0.15) is 5.65 Å². The normalized spacial score (nSPS) is 10.0. The molecule has 0 unspecified atom stereocenters. The largest absolute Gasteiger partial charge is 0.294 e. The molecule has 0 N–H and O–H groups in total. The molecule has 13 heavy (non-hydrogen) atoms. The number of aromatic nitrogens is 2. The Morgan fingerprint density at radius 1 is 1.46 bits per heavy atom. The van der Waals surface area contributed by atoms with Crippen LogP contribution in [0.4, 0.5) is 0 Å². The Labute approximate surface area is 95.5 Å². The van der Waals surface area contributed by atoms with Crippen LogP contribution in [0.1, 0.15) is 5.69 Å². The van der Waals surface area contributed by atoms with E-state index >= 15 is 0 Å². The standard InChI is InChI=1S/C8H6BrClN2.ClH/c9-7-2-1-3-8-11-6(4-10)5-12(7)8;/h1-3,5H,4H2;1H. The van der Waals surface area contributed by atoms with Crippen LogP contribution in [-0.4, -0.2) is 9.38 Å². The second kappa shape index (κ2) is 4.31. The molecule has 2 aromatic heterocycles. The van der Waals surface area contributed by atoms with Crippen molar-refractivity contribution in [3.8, 4) is 0 Å². The summed E-state index contributed by atoms with van der Waals surface area (Å²) >= 11 is 9.08. The van der Waals surface area contributed by atoms with Gasteiger partial charge < -0.3 is 0 Å². The van der Waals surface area contributed by atoms with Gasteiger partial charge in [0.25, 0.3) is 0 Å². The molecule has 2 rings (SSSR count). The van der Waals surface area contributed by atoms with Crippen molar-refractivity contribution in [2.45, 2.75) is 5.88 Å². The van der Waals surface area contributed by atoms with E-state index in [1.165, 1.54) is 0 Å². The average Bonchev–Trinajstić information content (AvgIpc) is 2.49. The third kappa shape index (κ3) is 1.98. The van der Waals surface area contributed by atoms with Crippen molar-refractivity contribution in [1.82, 2.24) is 9.38 Å². The Hall–Kier alpha value is -0.250. The van der Waals surface area contributed by atoms with Crippen molar-refractivity contribution >= 4 is 45.6 Å². The van der Waals surface area contributed by atoms with E-state index in [1.807, 2.05) is 28.8 Å². The summed E-state index contributed by atoms with van der Waals surface area (Å²) in [6.07, 6.45) is 1.92. The van der Waals surface area contributed by atoms with E-state index in [1.54, 1.807) is 0 Å². The van der Waals surface area contributed by atoms with E-state index in [4.69, 9.17) is 11.6 Å². The first-order chi connectivity index (χ1) is 5.81. The number of hydrogen-bond acceptors (Lipinski definition) is 1. The Balaban J connectivity index is 0.000000845. The fourth-order valence-corrected chi connectivity index (χ4v) is 1.66. The van der Waals surface area contributed by atoms with E-state index < -0.39 is 0 Å². The Morgan fingerprint density at radius 3 is 2.85 bits per heavy atom. The van der Waals surface area contributed by atoms with Crippen LogP contribution >= 0.6 is 39.9 Å². The molecule has 0 radical (unpaired) electrons. The van der Waals surface area contributed by atoms with E-state index in [0.717, 1.165) is 15.9 Å². The van der Waals surface area contributed by atoms with Crippen molar-refractivity contribution in [2.75, 3.05) is 0 Å². The van der Waals surface area contributed by atoms with E-state index in [0.29, 0.717) is 5.88 Å². The van der Waals surface area contributed by atoms with Gasteiger partial charge >= 0.3 is 0 Å². The minimum absolute atomic E-state index is 0. The van der Waals surface area contributed by atoms with Crippen molar-refractivity contribution in [3.05, 3.63) is 34.7 Å². The molecule has 2 nitrogen and oxygen atoms in total. The lowest BCUT2D eigenvalue weighted by molar-refractivity contribution is 1.14. The monoisotopic (exact) mass is 280 g/mol. The number of fused-ring (bicyclic) bond motifs is 1. The maximum absolute atomic E-state index is 5.66. The zero-order chi connectivity index (χ0) is 8.55. The minimum Gasteiger partial charge on any atom is -0.294 e. The lowest BCUT2D eigenvalue weighted by Gasteiger charge is -1.93. The second-order valence-electron chi connectivity index (χ2n) is 2.44. The van der Waals surface area contributed by atoms with Crippen molar-refractivity contribution in [3.63, 3.8) is 0 Å². The van der Waals surface area contributed by atoms with Gasteiger partial charge in [-0.1, -0.05) is 6.07 Å². The Kier molecular flexibility index (Phi) is 3.59. The Morgan fingerprint density at radius 2 is 2.23 bits per heavy atom. The smallest absolute Gasteiger partial charge is 0.137 e. The summed E-state index contributed by atoms with van der Waals surface area (Å²) in [5.74, 6) is 0.453. The highest BCUT2D eigenvalue weighted by atomic mass is 79.9. The molecule has 0 bridgehead atoms. The molecule has 0 aliphatic carbocycles. The summed E-state index contributed by atoms with van der Waals surface area (Å²) in [7, 11) is 0. The van der Waals surface area contributed by atoms with Crippen LogP contribution in [0, 0.1) is 0 Å². The molecule has 0 aliphatic rings. The predicted molar refractivity (Wildman–Crippen MR) is 59.7 cm³/mol. The molecule has 0 saturated carbocycles. The fourth-order valence-electron chi connectivity index (χ4n) is 1.09. The van der Waals surface area contributed by atoms with Crippen LogP contribution in [0.15, 0.2) is 29.0 Å². The number of nitrogens with zero attached hydrogens (tertiary/aromatic N) is 2. The molecule has 0 aromatic carbocycles. The number of alkyl halides is 1. The van der Waals surface area contributed by atoms with Gasteiger partial charge in [-0.25, -0.2) is 4.98 Å². The topological polar surface area (TPSA) is 17.3 Å². The molecule has 0 aliphatic heterocycles. The molecule has 0 saturated heterocycles. The molecule has 2 heterocycles. The second-order valence-corrected chi connectivity index (χ2v) is 3.52. The number of halogens is 3. The summed E-state index contributed by atoms with van der Waals surface area (Å²) in [6.45, 7) is 0. The van der Waals surface area contributed by atoms with E-state index in [-0.39, 0.29) is 12.4 Å². The summed E-state index contributed by atoms with van der Waals surface area (Å²) in [5.41, 5.74) is 1.81. The number of imidazole rings is 1. The van der Waals surface area contributed by atoms with Gasteiger partial charge in [-0.3, -0.25) is 4.40 Å². The van der Waals surface area contributed by atoms with Gasteiger partial charge in [0.2, 0.25) is 0 Å². The zero-order valence-corrected chi connectivity index (χ0v) is 9.73. The first-order valence-corrected chi connectivity index (χ1v) is 4.82. The summed E-state index contributed by atoms with van der Waals surface area (Å²) in [4.78, 5) is 4.29. The van der Waals surface area contributed by atoms with Gasteiger partial charge in [0, 0.05) is 6.20 Å². The van der Waals surface area contributed by atoms with Gasteiger partial charge in [-0.2, -0.15) is 0 Å². The predicted octanol–water partition coefficient (Wildman–Crippen LogP) is 3.26. The van der Waals surface area contributed by atoms with E-state index in [2.05, 4.69) is 20.9 Å². The quantitative estimate of drug-likeness (QED) is 0.579. The third-order valence-corrected chi connectivity index (χ3v) is 2.55. The minimum atomic E-state index is 0. The molecule has 70 valence electrons. The van der Waals surface area contributed by atoms with E-state index in [9.17, 15) is 0 Å². The summed E-state index contributed by atoms with van der Waals surface area (Å²) in [5, 5.41) is 0. The van der Waals surface area contributed by atoms with Crippen LogP contribution in [0.3, 0.4) is 0 Å². The van der Waals surface area contributed by atoms with Crippen LogP contribution in [0.2, 0.25) is 0 Å².